The summed E-state index contributed by atoms with van der Waals surface area (Å²) < 4.78 is 25.6. The molecule has 6 heteroatoms. The minimum absolute atomic E-state index is 0.0821. The number of carbonyl (C=O) groups is 1. The van der Waals surface area contributed by atoms with Crippen LogP contribution in [0.2, 0.25) is 0 Å². The monoisotopic (exact) mass is 249 g/mol. The number of aliphatic carboxylic acids is 1. The Morgan fingerprint density at radius 1 is 1.44 bits per heavy atom. The lowest BCUT2D eigenvalue weighted by Crippen LogP contribution is -2.38. The molecule has 0 radical (unpaired) electrons. The van der Waals surface area contributed by atoms with E-state index in [-0.39, 0.29) is 18.2 Å². The number of carboxylic acids is 1. The minimum Gasteiger partial charge on any atom is -0.481 e. The predicted molar refractivity (Wildman–Crippen MR) is 60.6 cm³/mol. The SMILES string of the molecule is C[C@@H](NS(=O)(=O)CCC(=O)O)C1CCCC1. The molecule has 2 N–H and O–H groups in total. The van der Waals surface area contributed by atoms with E-state index < -0.39 is 16.0 Å². The summed E-state index contributed by atoms with van der Waals surface area (Å²) in [4.78, 5) is 10.3. The van der Waals surface area contributed by atoms with E-state index in [4.69, 9.17) is 5.11 Å². The normalized spacial score (nSPS) is 19.8. The zero-order valence-corrected chi connectivity index (χ0v) is 10.3. The summed E-state index contributed by atoms with van der Waals surface area (Å²) in [5.41, 5.74) is 0. The summed E-state index contributed by atoms with van der Waals surface area (Å²) >= 11 is 0. The number of carboxylic acid groups (broad SMARTS) is 1. The fourth-order valence-electron chi connectivity index (χ4n) is 2.12. The highest BCUT2D eigenvalue weighted by Gasteiger charge is 2.25. The van der Waals surface area contributed by atoms with Gasteiger partial charge in [0.05, 0.1) is 12.2 Å². The Balaban J connectivity index is 2.41. The smallest absolute Gasteiger partial charge is 0.304 e. The van der Waals surface area contributed by atoms with E-state index in [1.54, 1.807) is 0 Å². The molecular formula is C10H19NO4S. The molecule has 1 aliphatic rings. The van der Waals surface area contributed by atoms with Crippen molar-refractivity contribution in [1.29, 1.82) is 0 Å². The van der Waals surface area contributed by atoms with Crippen molar-refractivity contribution < 1.29 is 18.3 Å². The van der Waals surface area contributed by atoms with Gasteiger partial charge in [0, 0.05) is 6.04 Å². The number of nitrogens with one attached hydrogen (secondary N) is 1. The number of sulfonamides is 1. The van der Waals surface area contributed by atoms with Gasteiger partial charge in [-0.25, -0.2) is 13.1 Å². The van der Waals surface area contributed by atoms with Crippen LogP contribution < -0.4 is 4.72 Å². The molecule has 0 unspecified atom stereocenters. The molecule has 16 heavy (non-hydrogen) atoms. The average Bonchev–Trinajstić information content (AvgIpc) is 2.67. The number of hydrogen-bond donors (Lipinski definition) is 2. The van der Waals surface area contributed by atoms with Crippen molar-refractivity contribution in [2.45, 2.75) is 45.1 Å². The van der Waals surface area contributed by atoms with Crippen LogP contribution in [-0.2, 0) is 14.8 Å². The molecule has 0 spiro atoms. The third-order valence-electron chi connectivity index (χ3n) is 3.06. The minimum atomic E-state index is -3.44. The topological polar surface area (TPSA) is 83.5 Å². The van der Waals surface area contributed by atoms with Gasteiger partial charge in [-0.15, -0.1) is 0 Å². The van der Waals surface area contributed by atoms with Crippen LogP contribution in [0.3, 0.4) is 0 Å². The third-order valence-corrected chi connectivity index (χ3v) is 4.53. The van der Waals surface area contributed by atoms with Crippen LogP contribution in [0, 0.1) is 5.92 Å². The van der Waals surface area contributed by atoms with E-state index in [1.807, 2.05) is 6.92 Å². The van der Waals surface area contributed by atoms with Gasteiger partial charge >= 0.3 is 5.97 Å². The van der Waals surface area contributed by atoms with Crippen molar-refractivity contribution in [2.24, 2.45) is 5.92 Å². The number of hydrogen-bond acceptors (Lipinski definition) is 3. The Hall–Kier alpha value is -0.620. The van der Waals surface area contributed by atoms with Gasteiger partial charge in [0.25, 0.3) is 0 Å². The van der Waals surface area contributed by atoms with Crippen LogP contribution in [0.1, 0.15) is 39.0 Å². The molecule has 0 bridgehead atoms. The summed E-state index contributed by atoms with van der Waals surface area (Å²) in [6.07, 6.45) is 4.09. The summed E-state index contributed by atoms with van der Waals surface area (Å²) in [7, 11) is -3.44. The van der Waals surface area contributed by atoms with Gasteiger partial charge in [-0.1, -0.05) is 12.8 Å². The standard InChI is InChI=1S/C10H19NO4S/c1-8(9-4-2-3-5-9)11-16(14,15)7-6-10(12)13/h8-9,11H,2-7H2,1H3,(H,12,13)/t8-/m1/s1. The second-order valence-electron chi connectivity index (χ2n) is 4.41. The van der Waals surface area contributed by atoms with E-state index in [9.17, 15) is 13.2 Å². The third kappa shape index (κ3) is 4.49. The van der Waals surface area contributed by atoms with E-state index in [1.165, 1.54) is 0 Å². The zero-order valence-electron chi connectivity index (χ0n) is 9.48. The van der Waals surface area contributed by atoms with E-state index in [0.29, 0.717) is 5.92 Å². The average molecular weight is 249 g/mol. The molecule has 0 aromatic heterocycles. The van der Waals surface area contributed by atoms with Gasteiger partial charge in [0.15, 0.2) is 0 Å². The second kappa shape index (κ2) is 5.63. The zero-order chi connectivity index (χ0) is 12.2. The van der Waals surface area contributed by atoms with E-state index in [0.717, 1.165) is 25.7 Å². The maximum Gasteiger partial charge on any atom is 0.304 e. The quantitative estimate of drug-likeness (QED) is 0.734. The van der Waals surface area contributed by atoms with Crippen LogP contribution in [0.5, 0.6) is 0 Å². The van der Waals surface area contributed by atoms with Gasteiger partial charge in [-0.05, 0) is 25.7 Å². The molecule has 0 aromatic carbocycles. The Morgan fingerprint density at radius 2 is 2.00 bits per heavy atom. The molecule has 0 saturated heterocycles. The van der Waals surface area contributed by atoms with Gasteiger partial charge in [-0.2, -0.15) is 0 Å². The highest BCUT2D eigenvalue weighted by molar-refractivity contribution is 7.89. The van der Waals surface area contributed by atoms with Crippen molar-refractivity contribution in [3.8, 4) is 0 Å². The van der Waals surface area contributed by atoms with Crippen molar-refractivity contribution in [3.63, 3.8) is 0 Å². The van der Waals surface area contributed by atoms with Crippen molar-refractivity contribution >= 4 is 16.0 Å². The maximum atomic E-state index is 11.5. The molecule has 94 valence electrons. The van der Waals surface area contributed by atoms with E-state index >= 15 is 0 Å². The van der Waals surface area contributed by atoms with Gasteiger partial charge in [-0.3, -0.25) is 4.79 Å². The molecule has 0 amide bonds. The molecule has 1 saturated carbocycles. The molecular weight excluding hydrogens is 230 g/mol. The van der Waals surface area contributed by atoms with Gasteiger partial charge in [0.1, 0.15) is 0 Å². The van der Waals surface area contributed by atoms with Crippen molar-refractivity contribution in [1.82, 2.24) is 4.72 Å². The largest absolute Gasteiger partial charge is 0.481 e. The van der Waals surface area contributed by atoms with Crippen molar-refractivity contribution in [2.75, 3.05) is 5.75 Å². The summed E-state index contributed by atoms with van der Waals surface area (Å²) in [5.74, 6) is -1.02. The highest BCUT2D eigenvalue weighted by Crippen LogP contribution is 2.27. The predicted octanol–water partition coefficient (Wildman–Crippen LogP) is 0.959. The molecule has 1 rings (SSSR count). The first-order chi connectivity index (χ1) is 7.41. The first kappa shape index (κ1) is 13.4. The van der Waals surface area contributed by atoms with Gasteiger partial charge < -0.3 is 5.11 Å². The fourth-order valence-corrected chi connectivity index (χ4v) is 3.44. The van der Waals surface area contributed by atoms with Gasteiger partial charge in [0.2, 0.25) is 10.0 Å². The highest BCUT2D eigenvalue weighted by atomic mass is 32.2. The fraction of sp³-hybridized carbons (Fsp3) is 0.900. The Morgan fingerprint density at radius 3 is 2.50 bits per heavy atom. The Kier molecular flexibility index (Phi) is 4.73. The molecule has 0 heterocycles. The van der Waals surface area contributed by atoms with Crippen LogP contribution in [0.4, 0.5) is 0 Å². The molecule has 1 fully saturated rings. The molecule has 1 atom stereocenters. The maximum absolute atomic E-state index is 11.5. The lowest BCUT2D eigenvalue weighted by Gasteiger charge is -2.19. The van der Waals surface area contributed by atoms with Crippen LogP contribution in [-0.4, -0.2) is 31.3 Å². The summed E-state index contributed by atoms with van der Waals surface area (Å²) in [5, 5.41) is 8.43. The summed E-state index contributed by atoms with van der Waals surface area (Å²) in [6.45, 7) is 1.86. The van der Waals surface area contributed by atoms with Crippen LogP contribution in [0.15, 0.2) is 0 Å². The molecule has 0 aromatic rings. The first-order valence-corrected chi connectivity index (χ1v) is 7.28. The lowest BCUT2D eigenvalue weighted by atomic mass is 10.0. The summed E-state index contributed by atoms with van der Waals surface area (Å²) in [6, 6.07) is -0.0821. The van der Waals surface area contributed by atoms with E-state index in [2.05, 4.69) is 4.72 Å². The molecule has 0 aliphatic heterocycles. The number of rotatable bonds is 6. The van der Waals surface area contributed by atoms with Crippen molar-refractivity contribution in [3.05, 3.63) is 0 Å². The molecule has 1 aliphatic carbocycles. The first-order valence-electron chi connectivity index (χ1n) is 5.62. The van der Waals surface area contributed by atoms with Crippen LogP contribution in [0.25, 0.3) is 0 Å². The lowest BCUT2D eigenvalue weighted by molar-refractivity contribution is -0.136. The second-order valence-corrected chi connectivity index (χ2v) is 6.29. The Labute approximate surface area is 96.3 Å². The molecule has 5 nitrogen and oxygen atoms in total. The van der Waals surface area contributed by atoms with Crippen LogP contribution >= 0.6 is 0 Å². The Bertz CT molecular complexity index is 333.